The second-order valence-electron chi connectivity index (χ2n) is 5.42. The summed E-state index contributed by atoms with van der Waals surface area (Å²) in [5.41, 5.74) is 4.48. The second-order valence-corrected chi connectivity index (χ2v) is 9.79. The number of nitrogens with zero attached hydrogens (tertiary/aromatic N) is 2. The van der Waals surface area contributed by atoms with Gasteiger partial charge in [-0.3, -0.25) is 18.2 Å². The number of aliphatic hydroxyl groups is 2. The van der Waals surface area contributed by atoms with Crippen LogP contribution in [0.15, 0.2) is 17.1 Å². The van der Waals surface area contributed by atoms with E-state index in [1.165, 1.54) is 6.07 Å². The van der Waals surface area contributed by atoms with E-state index in [4.69, 9.17) is 19.9 Å². The molecule has 0 spiro atoms. The fourth-order valence-corrected chi connectivity index (χ4v) is 5.36. The van der Waals surface area contributed by atoms with Gasteiger partial charge in [0, 0.05) is 13.3 Å². The minimum Gasteiger partial charge on any atom is -0.387 e. The zero-order chi connectivity index (χ0) is 22.0. The lowest BCUT2D eigenvalue weighted by molar-refractivity contribution is -0.0545. The van der Waals surface area contributed by atoms with Gasteiger partial charge in [0.05, 0.1) is 6.61 Å². The number of aromatic nitrogens is 2. The minimum absolute atomic E-state index is 0.0848. The normalized spacial score (nSPS) is 29.8. The van der Waals surface area contributed by atoms with E-state index in [-0.39, 0.29) is 5.82 Å². The van der Waals surface area contributed by atoms with Gasteiger partial charge in [0.2, 0.25) is 0 Å². The summed E-state index contributed by atoms with van der Waals surface area (Å²) >= 11 is 0. The maximum absolute atomic E-state index is 12.2. The van der Waals surface area contributed by atoms with Crippen molar-refractivity contribution in [3.63, 3.8) is 0 Å². The number of ether oxygens (including phenoxy) is 1. The largest absolute Gasteiger partial charge is 0.488 e. The second kappa shape index (κ2) is 9.43. The maximum atomic E-state index is 12.2. The van der Waals surface area contributed by atoms with Crippen molar-refractivity contribution in [3.05, 3.63) is 22.7 Å². The molecule has 166 valence electrons. The Kier molecular flexibility index (Phi) is 7.90. The van der Waals surface area contributed by atoms with Gasteiger partial charge in [-0.2, -0.15) is 9.29 Å². The maximum Gasteiger partial charge on any atom is 0.488 e. The van der Waals surface area contributed by atoms with E-state index < -0.39 is 60.7 Å². The number of rotatable bonds is 9. The lowest BCUT2D eigenvalue weighted by Gasteiger charge is -2.20. The van der Waals surface area contributed by atoms with E-state index in [0.717, 1.165) is 17.9 Å². The average molecular weight is 481 g/mol. The van der Waals surface area contributed by atoms with Crippen LogP contribution in [-0.2, 0) is 36.1 Å². The molecule has 1 aromatic heterocycles. The van der Waals surface area contributed by atoms with Crippen molar-refractivity contribution in [2.45, 2.75) is 24.5 Å². The molecule has 16 nitrogen and oxygen atoms in total. The summed E-state index contributed by atoms with van der Waals surface area (Å²) in [5, 5.41) is 20.2. The van der Waals surface area contributed by atoms with E-state index in [2.05, 4.69) is 18.1 Å². The number of nitrogen functional groups attached to an aromatic ring is 1. The number of hydrogen-bond acceptors (Lipinski definition) is 13. The molecule has 1 fully saturated rings. The van der Waals surface area contributed by atoms with Crippen LogP contribution < -0.4 is 11.4 Å². The molecular weight excluding hydrogens is 463 g/mol. The summed E-state index contributed by atoms with van der Waals surface area (Å²) in [5.74, 6) is -0.0848. The van der Waals surface area contributed by atoms with Crippen molar-refractivity contribution < 1.29 is 56.1 Å². The van der Waals surface area contributed by atoms with Gasteiger partial charge in [0.1, 0.15) is 24.1 Å². The predicted molar refractivity (Wildman–Crippen MR) is 92.6 cm³/mol. The molecule has 29 heavy (non-hydrogen) atoms. The molecule has 3 unspecified atom stereocenters. The van der Waals surface area contributed by atoms with Crippen molar-refractivity contribution in [1.82, 2.24) is 9.55 Å². The van der Waals surface area contributed by atoms with E-state index in [9.17, 15) is 33.6 Å². The van der Waals surface area contributed by atoms with Crippen LogP contribution in [0.5, 0.6) is 0 Å². The van der Waals surface area contributed by atoms with Crippen molar-refractivity contribution in [1.29, 1.82) is 0 Å². The third-order valence-corrected chi connectivity index (χ3v) is 7.57. The van der Waals surface area contributed by atoms with Crippen LogP contribution in [0.3, 0.4) is 0 Å². The van der Waals surface area contributed by atoms with Gasteiger partial charge in [0.25, 0.3) is 0 Å². The fraction of sp³-hybridized carbons (Fsp3) is 0.600. The zero-order valence-electron chi connectivity index (χ0n) is 14.5. The molecule has 0 aromatic carbocycles. The highest BCUT2D eigenvalue weighted by molar-refractivity contribution is 7.64. The van der Waals surface area contributed by atoms with Crippen LogP contribution >= 0.6 is 23.9 Å². The molecule has 0 radical (unpaired) electrons. The standard InChI is InChI=1S/C10H18N3O13P3/c1-22-29(21,26-28(19,20)25-27(17)18)23-4-5-7(14)8(15)9(24-5)13-3-2-6(11)12-10(13)16/h2-3,5,7-9,14-15,27H,4H2,1H3,(H,17,18)(H,19,20)(H2,11,12,16)/t5-,7-,8-,9-,29?/m1/s1. The van der Waals surface area contributed by atoms with Crippen LogP contribution in [-0.4, -0.2) is 61.6 Å². The molecule has 19 heteroatoms. The Labute approximate surface area is 162 Å². The highest BCUT2D eigenvalue weighted by Crippen LogP contribution is 2.65. The molecule has 0 aliphatic carbocycles. The Morgan fingerprint density at radius 3 is 2.59 bits per heavy atom. The molecule has 2 heterocycles. The minimum atomic E-state index is -5.30. The van der Waals surface area contributed by atoms with E-state index in [1.807, 2.05) is 0 Å². The third-order valence-electron chi connectivity index (χ3n) is 3.48. The van der Waals surface area contributed by atoms with Gasteiger partial charge >= 0.3 is 29.6 Å². The Bertz CT molecular complexity index is 908. The Morgan fingerprint density at radius 2 is 2.03 bits per heavy atom. The molecule has 0 bridgehead atoms. The number of hydrogen-bond donors (Lipinski definition) is 5. The van der Waals surface area contributed by atoms with E-state index in [0.29, 0.717) is 0 Å². The summed E-state index contributed by atoms with van der Waals surface area (Å²) in [6.07, 6.45) is -4.94. The quantitative estimate of drug-likeness (QED) is 0.258. The van der Waals surface area contributed by atoms with Crippen molar-refractivity contribution in [3.8, 4) is 0 Å². The average Bonchev–Trinajstić information content (AvgIpc) is 2.87. The lowest BCUT2D eigenvalue weighted by Crippen LogP contribution is -2.36. The van der Waals surface area contributed by atoms with Gasteiger partial charge in [-0.05, 0) is 6.07 Å². The number of phosphoric ester groups is 1. The third kappa shape index (κ3) is 6.25. The van der Waals surface area contributed by atoms with Crippen molar-refractivity contribution in [2.24, 2.45) is 0 Å². The first-order chi connectivity index (χ1) is 13.4. The van der Waals surface area contributed by atoms with E-state index in [1.54, 1.807) is 0 Å². The summed E-state index contributed by atoms with van der Waals surface area (Å²) in [6.45, 7) is -0.814. The molecule has 1 aliphatic heterocycles. The molecule has 2 rings (SSSR count). The Morgan fingerprint density at radius 1 is 1.38 bits per heavy atom. The molecular formula is C10H18N3O13P3. The van der Waals surface area contributed by atoms with E-state index >= 15 is 0 Å². The molecule has 1 aromatic rings. The lowest BCUT2D eigenvalue weighted by atomic mass is 10.1. The Balaban J connectivity index is 2.09. The van der Waals surface area contributed by atoms with Crippen molar-refractivity contribution >= 4 is 29.7 Å². The highest BCUT2D eigenvalue weighted by atomic mass is 31.3. The molecule has 0 amide bonds. The number of phosphoric acid groups is 2. The molecule has 7 atom stereocenters. The van der Waals surface area contributed by atoms with Crippen LogP contribution in [0.2, 0.25) is 0 Å². The number of aliphatic hydroxyl groups excluding tert-OH is 2. The zero-order valence-corrected chi connectivity index (χ0v) is 17.3. The van der Waals surface area contributed by atoms with Gasteiger partial charge < -0.3 is 30.5 Å². The molecule has 1 aliphatic rings. The summed E-state index contributed by atoms with van der Waals surface area (Å²) in [6, 6.07) is 1.24. The Hall–Kier alpha value is -0.990. The first kappa shape index (κ1) is 24.3. The molecule has 6 N–H and O–H groups in total. The fourth-order valence-electron chi connectivity index (χ4n) is 2.23. The topological polar surface area (TPSA) is 239 Å². The van der Waals surface area contributed by atoms with Gasteiger partial charge in [-0.25, -0.2) is 18.2 Å². The van der Waals surface area contributed by atoms with Gasteiger partial charge in [0.15, 0.2) is 6.23 Å². The summed E-state index contributed by atoms with van der Waals surface area (Å²) in [7, 11) is -13.3. The van der Waals surface area contributed by atoms with Gasteiger partial charge in [-0.15, -0.1) is 0 Å². The smallest absolute Gasteiger partial charge is 0.387 e. The first-order valence-corrected chi connectivity index (χ1v) is 11.7. The molecule has 0 saturated carbocycles. The number of anilines is 1. The number of nitrogens with two attached hydrogens (primary N) is 1. The van der Waals surface area contributed by atoms with Crippen molar-refractivity contribution in [2.75, 3.05) is 19.5 Å². The van der Waals surface area contributed by atoms with Crippen LogP contribution in [0.25, 0.3) is 0 Å². The summed E-state index contributed by atoms with van der Waals surface area (Å²) in [4.78, 5) is 33.1. The van der Waals surface area contributed by atoms with Crippen LogP contribution in [0, 0.1) is 0 Å². The summed E-state index contributed by atoms with van der Waals surface area (Å²) < 4.78 is 57.3. The monoisotopic (exact) mass is 481 g/mol. The van der Waals surface area contributed by atoms with Gasteiger partial charge in [-0.1, -0.05) is 0 Å². The molecule has 1 saturated heterocycles. The predicted octanol–water partition coefficient (Wildman–Crippen LogP) is -1.27. The SMILES string of the molecule is COP(=O)(OC[C@H]1O[C@@H](n2ccc(N)nc2=O)[C@H](O)[C@@H]1O)OP(=O)(O)O[PH](=O)O. The van der Waals surface area contributed by atoms with Crippen LogP contribution in [0.4, 0.5) is 5.82 Å². The highest BCUT2D eigenvalue weighted by Gasteiger charge is 2.46. The van der Waals surface area contributed by atoms with Crippen LogP contribution in [0.1, 0.15) is 6.23 Å². The first-order valence-electron chi connectivity index (χ1n) is 7.50.